The van der Waals surface area contributed by atoms with E-state index in [1.165, 1.54) is 57.8 Å². The van der Waals surface area contributed by atoms with E-state index in [9.17, 15) is 4.79 Å². The molecular formula is C36H66O2. The van der Waals surface area contributed by atoms with Gasteiger partial charge in [-0.15, -0.1) is 0 Å². The average molecular weight is 531 g/mol. The smallest absolute Gasteiger partial charge is 0.305 e. The second-order valence-electron chi connectivity index (χ2n) is 12.4. The summed E-state index contributed by atoms with van der Waals surface area (Å²) < 4.78 is 5.49. The maximum Gasteiger partial charge on any atom is 0.305 e. The number of carbonyl (C=O) groups excluding carboxylic acids is 1. The number of hydrogen-bond acceptors (Lipinski definition) is 2. The van der Waals surface area contributed by atoms with Crippen LogP contribution in [0.15, 0.2) is 36.5 Å². The lowest BCUT2D eigenvalue weighted by Gasteiger charge is -2.16. The molecule has 0 aliphatic carbocycles. The van der Waals surface area contributed by atoms with Crippen LogP contribution in [0.4, 0.5) is 0 Å². The van der Waals surface area contributed by atoms with Crippen molar-refractivity contribution in [2.24, 2.45) is 23.7 Å². The fraction of sp³-hybridized carbons (Fsp3) is 0.806. The molecule has 222 valence electrons. The van der Waals surface area contributed by atoms with Crippen molar-refractivity contribution in [3.8, 4) is 0 Å². The van der Waals surface area contributed by atoms with Gasteiger partial charge in [0.2, 0.25) is 0 Å². The minimum atomic E-state index is -0.0173. The third-order valence-electron chi connectivity index (χ3n) is 7.71. The Morgan fingerprint density at radius 3 is 1.50 bits per heavy atom. The molecule has 0 N–H and O–H groups in total. The van der Waals surface area contributed by atoms with E-state index in [2.05, 4.69) is 78.0 Å². The average Bonchev–Trinajstić information content (AvgIpc) is 2.86. The number of rotatable bonds is 26. The topological polar surface area (TPSA) is 26.3 Å². The van der Waals surface area contributed by atoms with Crippen LogP contribution in [0.3, 0.4) is 0 Å². The van der Waals surface area contributed by atoms with E-state index >= 15 is 0 Å². The summed E-state index contributed by atoms with van der Waals surface area (Å²) in [6.45, 7) is 14.5. The Hall–Kier alpha value is -1.31. The van der Waals surface area contributed by atoms with Crippen molar-refractivity contribution in [3.05, 3.63) is 36.5 Å². The van der Waals surface area contributed by atoms with Crippen molar-refractivity contribution in [2.45, 2.75) is 157 Å². The van der Waals surface area contributed by atoms with E-state index in [4.69, 9.17) is 4.74 Å². The normalized spacial score (nSPS) is 14.7. The molecule has 2 heteroatoms. The van der Waals surface area contributed by atoms with Crippen LogP contribution in [0.25, 0.3) is 0 Å². The first-order chi connectivity index (χ1) is 18.3. The van der Waals surface area contributed by atoms with Gasteiger partial charge in [0.25, 0.3) is 0 Å². The summed E-state index contributed by atoms with van der Waals surface area (Å²) in [5, 5.41) is 0. The summed E-state index contributed by atoms with van der Waals surface area (Å²) >= 11 is 0. The maximum absolute atomic E-state index is 12.0. The van der Waals surface area contributed by atoms with Gasteiger partial charge in [0.05, 0.1) is 6.61 Å². The molecule has 3 atom stereocenters. The third-order valence-corrected chi connectivity index (χ3v) is 7.71. The molecule has 0 spiro atoms. The Balaban J connectivity index is 3.58. The number of ether oxygens (including phenoxy) is 1. The van der Waals surface area contributed by atoms with Crippen LogP contribution < -0.4 is 0 Å². The molecule has 0 fully saturated rings. The Bertz CT molecular complexity index is 600. The summed E-state index contributed by atoms with van der Waals surface area (Å²) in [5.41, 5.74) is 0. The number of carbonyl (C=O) groups is 1. The highest BCUT2D eigenvalue weighted by molar-refractivity contribution is 5.69. The van der Waals surface area contributed by atoms with Gasteiger partial charge in [0, 0.05) is 6.42 Å². The predicted molar refractivity (Wildman–Crippen MR) is 169 cm³/mol. The molecule has 0 aromatic heterocycles. The Kier molecular flexibility index (Phi) is 26.3. The zero-order valence-electron chi connectivity index (χ0n) is 26.5. The highest BCUT2D eigenvalue weighted by atomic mass is 16.5. The lowest BCUT2D eigenvalue weighted by atomic mass is 9.91. The molecule has 0 heterocycles. The van der Waals surface area contributed by atoms with Crippen LogP contribution in [0.5, 0.6) is 0 Å². The molecule has 0 aromatic carbocycles. The van der Waals surface area contributed by atoms with Crippen LogP contribution in [0, 0.1) is 23.7 Å². The molecule has 0 saturated carbocycles. The first kappa shape index (κ1) is 36.7. The standard InChI is InChI=1S/C36H66O2/c1-7-8-9-10-11-12-13-14-15-16-17-18-19-29-36(37)38-31-30-35(6)28-22-27-34(5)26-21-25-33(4)24-20-23-32(2)3/h7-8,11-12,15-16,32-35H,9-10,13-14,17-31H2,1-6H3. The second-order valence-corrected chi connectivity index (χ2v) is 12.4. The van der Waals surface area contributed by atoms with Crippen molar-refractivity contribution in [1.29, 1.82) is 0 Å². The lowest BCUT2D eigenvalue weighted by Crippen LogP contribution is -2.09. The second kappa shape index (κ2) is 27.3. The summed E-state index contributed by atoms with van der Waals surface area (Å²) in [6, 6.07) is 0. The van der Waals surface area contributed by atoms with Gasteiger partial charge in [-0.2, -0.15) is 0 Å². The molecule has 0 radical (unpaired) electrons. The molecule has 0 aliphatic rings. The minimum absolute atomic E-state index is 0.0173. The van der Waals surface area contributed by atoms with Gasteiger partial charge < -0.3 is 4.74 Å². The quantitative estimate of drug-likeness (QED) is 0.0631. The van der Waals surface area contributed by atoms with Crippen molar-refractivity contribution < 1.29 is 9.53 Å². The summed E-state index contributed by atoms with van der Waals surface area (Å²) in [7, 11) is 0. The molecule has 0 bridgehead atoms. The van der Waals surface area contributed by atoms with E-state index in [0.29, 0.717) is 18.9 Å². The van der Waals surface area contributed by atoms with Crippen molar-refractivity contribution >= 4 is 5.97 Å². The van der Waals surface area contributed by atoms with Crippen LogP contribution in [-0.4, -0.2) is 12.6 Å². The number of unbranched alkanes of at least 4 members (excludes halogenated alkanes) is 4. The zero-order chi connectivity index (χ0) is 28.3. The lowest BCUT2D eigenvalue weighted by molar-refractivity contribution is -0.144. The Morgan fingerprint density at radius 2 is 1.00 bits per heavy atom. The van der Waals surface area contributed by atoms with Crippen molar-refractivity contribution in [3.63, 3.8) is 0 Å². The van der Waals surface area contributed by atoms with Gasteiger partial charge in [-0.25, -0.2) is 0 Å². The molecule has 3 unspecified atom stereocenters. The number of esters is 1. The van der Waals surface area contributed by atoms with E-state index < -0.39 is 0 Å². The summed E-state index contributed by atoms with van der Waals surface area (Å²) in [4.78, 5) is 12.0. The van der Waals surface area contributed by atoms with Crippen molar-refractivity contribution in [2.75, 3.05) is 6.61 Å². The van der Waals surface area contributed by atoms with E-state index in [1.54, 1.807) is 0 Å². The van der Waals surface area contributed by atoms with E-state index in [-0.39, 0.29) is 5.97 Å². The first-order valence-corrected chi connectivity index (χ1v) is 16.4. The van der Waals surface area contributed by atoms with Gasteiger partial charge in [0.1, 0.15) is 0 Å². The predicted octanol–water partition coefficient (Wildman–Crippen LogP) is 11.8. The zero-order valence-corrected chi connectivity index (χ0v) is 26.5. The number of hydrogen-bond donors (Lipinski definition) is 0. The SMILES string of the molecule is CC=CCCC=CCCC=CCCCCC(=O)OCCC(C)CCCC(C)CCCC(C)CCCC(C)C. The summed E-state index contributed by atoms with van der Waals surface area (Å²) in [6.07, 6.45) is 34.8. The maximum atomic E-state index is 12.0. The van der Waals surface area contributed by atoms with Gasteiger partial charge in [-0.1, -0.05) is 129 Å². The van der Waals surface area contributed by atoms with E-state index in [0.717, 1.165) is 69.1 Å². The van der Waals surface area contributed by atoms with Crippen LogP contribution >= 0.6 is 0 Å². The third kappa shape index (κ3) is 27.7. The van der Waals surface area contributed by atoms with Crippen LogP contribution in [-0.2, 0) is 9.53 Å². The van der Waals surface area contributed by atoms with Crippen LogP contribution in [0.2, 0.25) is 0 Å². The van der Waals surface area contributed by atoms with Gasteiger partial charge in [-0.05, 0) is 82.0 Å². The van der Waals surface area contributed by atoms with Gasteiger partial charge in [-0.3, -0.25) is 4.79 Å². The Labute approximate surface area is 239 Å². The molecule has 0 rings (SSSR count). The molecule has 0 amide bonds. The van der Waals surface area contributed by atoms with E-state index in [1.807, 2.05) is 0 Å². The largest absolute Gasteiger partial charge is 0.466 e. The highest BCUT2D eigenvalue weighted by Crippen LogP contribution is 2.22. The highest BCUT2D eigenvalue weighted by Gasteiger charge is 2.09. The molecule has 0 aliphatic heterocycles. The van der Waals surface area contributed by atoms with Crippen LogP contribution in [0.1, 0.15) is 157 Å². The summed E-state index contributed by atoms with van der Waals surface area (Å²) in [5.74, 6) is 3.20. The molecule has 0 aromatic rings. The fourth-order valence-corrected chi connectivity index (χ4v) is 4.94. The van der Waals surface area contributed by atoms with Gasteiger partial charge in [0.15, 0.2) is 0 Å². The fourth-order valence-electron chi connectivity index (χ4n) is 4.94. The Morgan fingerprint density at radius 1 is 0.553 bits per heavy atom. The van der Waals surface area contributed by atoms with Gasteiger partial charge >= 0.3 is 5.97 Å². The molecule has 0 saturated heterocycles. The molecule has 2 nitrogen and oxygen atoms in total. The first-order valence-electron chi connectivity index (χ1n) is 16.4. The molecule has 38 heavy (non-hydrogen) atoms. The minimum Gasteiger partial charge on any atom is -0.466 e. The molecular weight excluding hydrogens is 464 g/mol. The number of allylic oxidation sites excluding steroid dienone is 6. The van der Waals surface area contributed by atoms with Crippen molar-refractivity contribution in [1.82, 2.24) is 0 Å². The monoisotopic (exact) mass is 531 g/mol.